The van der Waals surface area contributed by atoms with Crippen LogP contribution in [0, 0.1) is 11.8 Å². The first-order chi connectivity index (χ1) is 15.5. The average Bonchev–Trinajstić information content (AvgIpc) is 2.83. The van der Waals surface area contributed by atoms with Crippen LogP contribution in [0.5, 0.6) is 0 Å². The van der Waals surface area contributed by atoms with Crippen molar-refractivity contribution in [3.63, 3.8) is 0 Å². The summed E-state index contributed by atoms with van der Waals surface area (Å²) in [4.78, 5) is 45.2. The van der Waals surface area contributed by atoms with Gasteiger partial charge in [0.05, 0.1) is 5.69 Å². The van der Waals surface area contributed by atoms with E-state index in [0.717, 1.165) is 37.9 Å². The zero-order valence-electron chi connectivity index (χ0n) is 19.2. The Balaban J connectivity index is 1.25. The minimum Gasteiger partial charge on any atom is -0.375 e. The van der Waals surface area contributed by atoms with E-state index in [-0.39, 0.29) is 30.4 Å². The summed E-state index contributed by atoms with van der Waals surface area (Å²) in [5, 5.41) is 0. The van der Waals surface area contributed by atoms with E-state index in [9.17, 15) is 14.4 Å². The van der Waals surface area contributed by atoms with Crippen LogP contribution in [-0.2, 0) is 20.9 Å². The Bertz CT molecular complexity index is 844. The molecule has 0 bridgehead atoms. The summed E-state index contributed by atoms with van der Waals surface area (Å²) in [5.74, 6) is 0.712. The Labute approximate surface area is 190 Å². The third kappa shape index (κ3) is 4.75. The van der Waals surface area contributed by atoms with Gasteiger partial charge in [-0.2, -0.15) is 0 Å². The normalized spacial score (nSPS) is 23.9. The minimum atomic E-state index is -0.0133. The zero-order valence-corrected chi connectivity index (χ0v) is 19.2. The molecule has 1 aliphatic carbocycles. The van der Waals surface area contributed by atoms with Crippen LogP contribution in [0.2, 0.25) is 0 Å². The molecule has 4 rings (SSSR count). The number of benzene rings is 1. The molecular formula is C24H34N4O4. The van der Waals surface area contributed by atoms with E-state index >= 15 is 0 Å². The maximum atomic E-state index is 13.0. The Hall–Kier alpha value is -2.61. The number of nitrogens with zero attached hydrogens (tertiary/aromatic N) is 4. The number of ether oxygens (including phenoxy) is 1. The van der Waals surface area contributed by atoms with Crippen molar-refractivity contribution in [1.29, 1.82) is 0 Å². The van der Waals surface area contributed by atoms with Crippen LogP contribution in [0.3, 0.4) is 0 Å². The lowest BCUT2D eigenvalue weighted by atomic mass is 9.81. The Kier molecular flexibility index (Phi) is 6.98. The van der Waals surface area contributed by atoms with Crippen molar-refractivity contribution in [2.45, 2.75) is 32.2 Å². The third-order valence-electron chi connectivity index (χ3n) is 7.16. The first-order valence-corrected chi connectivity index (χ1v) is 11.6. The van der Waals surface area contributed by atoms with Crippen molar-refractivity contribution >= 4 is 23.5 Å². The molecule has 8 nitrogen and oxygen atoms in total. The van der Waals surface area contributed by atoms with Crippen LogP contribution in [0.1, 0.15) is 31.2 Å². The van der Waals surface area contributed by atoms with E-state index in [4.69, 9.17) is 4.74 Å². The standard InChI is InChI=1S/C24H34N4O4/c1-25-21-6-4-3-5-20(21)16-28(24(25)31)15-18-7-9-19(10-8-18)23(30)27-13-11-26(12-14-27)22(29)17-32-2/h3-6,18-19H,7-17H2,1-2H3. The van der Waals surface area contributed by atoms with Crippen LogP contribution in [-0.4, -0.2) is 86.0 Å². The molecule has 8 heteroatoms. The van der Waals surface area contributed by atoms with Gasteiger partial charge in [0.15, 0.2) is 0 Å². The van der Waals surface area contributed by atoms with Crippen LogP contribution >= 0.6 is 0 Å². The fourth-order valence-electron chi connectivity index (χ4n) is 5.26. The molecule has 0 spiro atoms. The molecule has 32 heavy (non-hydrogen) atoms. The predicted octanol–water partition coefficient (Wildman–Crippen LogP) is 2.18. The smallest absolute Gasteiger partial charge is 0.324 e. The van der Waals surface area contributed by atoms with E-state index in [0.29, 0.717) is 38.6 Å². The summed E-state index contributed by atoms with van der Waals surface area (Å²) in [6, 6.07) is 8.12. The van der Waals surface area contributed by atoms with Gasteiger partial charge in [-0.3, -0.25) is 14.5 Å². The Morgan fingerprint density at radius 1 is 1.00 bits per heavy atom. The molecule has 0 aromatic heterocycles. The van der Waals surface area contributed by atoms with Gasteiger partial charge in [-0.25, -0.2) is 4.79 Å². The van der Waals surface area contributed by atoms with Gasteiger partial charge in [-0.1, -0.05) is 18.2 Å². The maximum absolute atomic E-state index is 13.0. The minimum absolute atomic E-state index is 0.0133. The van der Waals surface area contributed by atoms with Gasteiger partial charge in [0.25, 0.3) is 0 Å². The number of methoxy groups -OCH3 is 1. The summed E-state index contributed by atoms with van der Waals surface area (Å²) in [5.41, 5.74) is 2.17. The molecule has 1 aromatic rings. The van der Waals surface area contributed by atoms with Gasteiger partial charge < -0.3 is 19.4 Å². The second kappa shape index (κ2) is 9.90. The summed E-state index contributed by atoms with van der Waals surface area (Å²) in [7, 11) is 3.36. The van der Waals surface area contributed by atoms with Crippen molar-refractivity contribution in [3.8, 4) is 0 Å². The van der Waals surface area contributed by atoms with Gasteiger partial charge >= 0.3 is 6.03 Å². The number of para-hydroxylation sites is 1. The van der Waals surface area contributed by atoms with Crippen LogP contribution < -0.4 is 4.90 Å². The molecule has 0 unspecified atom stereocenters. The monoisotopic (exact) mass is 442 g/mol. The van der Waals surface area contributed by atoms with Crippen LogP contribution in [0.25, 0.3) is 0 Å². The third-order valence-corrected chi connectivity index (χ3v) is 7.16. The molecule has 1 aromatic carbocycles. The zero-order chi connectivity index (χ0) is 22.7. The fraction of sp³-hybridized carbons (Fsp3) is 0.625. The molecule has 0 radical (unpaired) electrons. The van der Waals surface area contributed by atoms with E-state index in [1.54, 1.807) is 9.80 Å². The number of hydrogen-bond donors (Lipinski definition) is 0. The molecule has 174 valence electrons. The number of carbonyl (C=O) groups is 3. The largest absolute Gasteiger partial charge is 0.375 e. The number of fused-ring (bicyclic) bond motifs is 1. The molecule has 2 fully saturated rings. The predicted molar refractivity (Wildman–Crippen MR) is 121 cm³/mol. The van der Waals surface area contributed by atoms with Crippen molar-refractivity contribution < 1.29 is 19.1 Å². The number of amides is 4. The highest BCUT2D eigenvalue weighted by molar-refractivity contribution is 5.94. The number of urea groups is 1. The Morgan fingerprint density at radius 3 is 2.34 bits per heavy atom. The quantitative estimate of drug-likeness (QED) is 0.701. The summed E-state index contributed by atoms with van der Waals surface area (Å²) < 4.78 is 4.92. The molecule has 0 N–H and O–H groups in total. The van der Waals surface area contributed by atoms with E-state index in [1.807, 2.05) is 35.0 Å². The van der Waals surface area contributed by atoms with Crippen molar-refractivity contribution in [1.82, 2.24) is 14.7 Å². The highest BCUT2D eigenvalue weighted by atomic mass is 16.5. The lowest BCUT2D eigenvalue weighted by molar-refractivity contribution is -0.144. The average molecular weight is 443 g/mol. The van der Waals surface area contributed by atoms with E-state index in [1.165, 1.54) is 12.7 Å². The molecule has 1 saturated heterocycles. The van der Waals surface area contributed by atoms with Crippen LogP contribution in [0.4, 0.5) is 10.5 Å². The van der Waals surface area contributed by atoms with Crippen LogP contribution in [0.15, 0.2) is 24.3 Å². The first-order valence-electron chi connectivity index (χ1n) is 11.6. The topological polar surface area (TPSA) is 73.4 Å². The molecule has 4 amide bonds. The molecule has 2 heterocycles. The van der Waals surface area contributed by atoms with Crippen molar-refractivity contribution in [2.24, 2.45) is 11.8 Å². The second-order valence-electron chi connectivity index (χ2n) is 9.21. The molecule has 1 saturated carbocycles. The maximum Gasteiger partial charge on any atom is 0.324 e. The van der Waals surface area contributed by atoms with Gasteiger partial charge in [-0.15, -0.1) is 0 Å². The number of carbonyl (C=O) groups excluding carboxylic acids is 3. The first kappa shape index (κ1) is 22.6. The molecule has 3 aliphatic rings. The highest BCUT2D eigenvalue weighted by Gasteiger charge is 2.34. The van der Waals surface area contributed by atoms with Gasteiger partial charge in [0, 0.05) is 59.3 Å². The summed E-state index contributed by atoms with van der Waals surface area (Å²) in [6.45, 7) is 3.86. The fourth-order valence-corrected chi connectivity index (χ4v) is 5.26. The van der Waals surface area contributed by atoms with Crippen molar-refractivity contribution in [2.75, 3.05) is 58.4 Å². The number of piperazine rings is 1. The summed E-state index contributed by atoms with van der Waals surface area (Å²) in [6.07, 6.45) is 3.69. The highest BCUT2D eigenvalue weighted by Crippen LogP contribution is 2.33. The van der Waals surface area contributed by atoms with Gasteiger partial charge in [0.2, 0.25) is 11.8 Å². The van der Waals surface area contributed by atoms with Gasteiger partial charge in [-0.05, 0) is 43.2 Å². The molecular weight excluding hydrogens is 408 g/mol. The number of anilines is 1. The Morgan fingerprint density at radius 2 is 1.66 bits per heavy atom. The lowest BCUT2D eigenvalue weighted by Crippen LogP contribution is -2.53. The van der Waals surface area contributed by atoms with E-state index in [2.05, 4.69) is 6.07 Å². The van der Waals surface area contributed by atoms with Crippen molar-refractivity contribution in [3.05, 3.63) is 29.8 Å². The van der Waals surface area contributed by atoms with Gasteiger partial charge in [0.1, 0.15) is 6.61 Å². The SMILES string of the molecule is COCC(=O)N1CCN(C(=O)C2CCC(CN3Cc4ccccc4N(C)C3=O)CC2)CC1. The summed E-state index contributed by atoms with van der Waals surface area (Å²) >= 11 is 0. The lowest BCUT2D eigenvalue weighted by Gasteiger charge is -2.40. The van der Waals surface area contributed by atoms with E-state index < -0.39 is 0 Å². The number of rotatable bonds is 5. The number of hydrogen-bond acceptors (Lipinski definition) is 4. The second-order valence-corrected chi connectivity index (χ2v) is 9.21. The molecule has 2 aliphatic heterocycles. The molecule has 0 atom stereocenters.